The summed E-state index contributed by atoms with van der Waals surface area (Å²) in [5.74, 6) is 0.0550. The highest BCUT2D eigenvalue weighted by molar-refractivity contribution is 6.74. The number of amides is 1. The normalized spacial score (nSPS) is 17.4. The fraction of sp³-hybridized carbons (Fsp3) is 0.440. The van der Waals surface area contributed by atoms with Gasteiger partial charge in [-0.1, -0.05) is 63.2 Å². The molecule has 1 aliphatic heterocycles. The SMILES string of the molecule is CC(C)(C)[Si](C)(C)OCC[C@@H]1CC(=O)CN1C(=O)c1ccc(-c2ccccc2)cc1. The van der Waals surface area contributed by atoms with Gasteiger partial charge in [-0.2, -0.15) is 0 Å². The standard InChI is InChI=1S/C25H33NO3Si/c1-25(2,3)30(4,5)29-16-15-22-17-23(27)18-26(22)24(28)21-13-11-20(12-14-21)19-9-7-6-8-10-19/h6-14,22H,15-18H2,1-5H3/t22-/m1/s1. The Morgan fingerprint density at radius 2 is 1.63 bits per heavy atom. The van der Waals surface area contributed by atoms with Crippen molar-refractivity contribution in [2.24, 2.45) is 0 Å². The number of hydrogen-bond acceptors (Lipinski definition) is 3. The molecule has 1 saturated heterocycles. The number of ketones is 1. The molecule has 30 heavy (non-hydrogen) atoms. The van der Waals surface area contributed by atoms with E-state index in [9.17, 15) is 9.59 Å². The van der Waals surface area contributed by atoms with E-state index in [0.717, 1.165) is 11.1 Å². The van der Waals surface area contributed by atoms with Crippen LogP contribution in [0.2, 0.25) is 18.1 Å². The van der Waals surface area contributed by atoms with Gasteiger partial charge in [-0.25, -0.2) is 0 Å². The molecule has 2 aromatic rings. The first-order chi connectivity index (χ1) is 14.1. The van der Waals surface area contributed by atoms with Crippen molar-refractivity contribution in [1.29, 1.82) is 0 Å². The predicted molar refractivity (Wildman–Crippen MR) is 124 cm³/mol. The minimum atomic E-state index is -1.83. The second kappa shape index (κ2) is 8.86. The zero-order valence-electron chi connectivity index (χ0n) is 18.8. The van der Waals surface area contributed by atoms with Gasteiger partial charge >= 0.3 is 0 Å². The van der Waals surface area contributed by atoms with Gasteiger partial charge in [0, 0.05) is 24.6 Å². The Labute approximate surface area is 181 Å². The first-order valence-corrected chi connectivity index (χ1v) is 13.6. The summed E-state index contributed by atoms with van der Waals surface area (Å²) in [4.78, 5) is 27.0. The maximum absolute atomic E-state index is 13.1. The molecule has 0 spiro atoms. The molecule has 0 aliphatic carbocycles. The third-order valence-corrected chi connectivity index (χ3v) is 11.0. The van der Waals surface area contributed by atoms with Crippen molar-refractivity contribution in [1.82, 2.24) is 4.90 Å². The summed E-state index contributed by atoms with van der Waals surface area (Å²) in [6.07, 6.45) is 1.13. The second-order valence-corrected chi connectivity index (χ2v) is 14.5. The van der Waals surface area contributed by atoms with Crippen molar-refractivity contribution in [3.63, 3.8) is 0 Å². The first-order valence-electron chi connectivity index (χ1n) is 10.7. The fourth-order valence-corrected chi connectivity index (χ4v) is 4.58. The van der Waals surface area contributed by atoms with E-state index in [1.54, 1.807) is 4.90 Å². The van der Waals surface area contributed by atoms with Crippen molar-refractivity contribution < 1.29 is 14.0 Å². The van der Waals surface area contributed by atoms with E-state index in [1.165, 1.54) is 0 Å². The van der Waals surface area contributed by atoms with Crippen molar-refractivity contribution >= 4 is 20.0 Å². The highest BCUT2D eigenvalue weighted by atomic mass is 28.4. The van der Waals surface area contributed by atoms with Crippen LogP contribution in [0.3, 0.4) is 0 Å². The van der Waals surface area contributed by atoms with Crippen LogP contribution in [0.1, 0.15) is 44.0 Å². The van der Waals surface area contributed by atoms with Crippen molar-refractivity contribution in [2.75, 3.05) is 13.2 Å². The summed E-state index contributed by atoms with van der Waals surface area (Å²) in [6, 6.07) is 17.7. The topological polar surface area (TPSA) is 46.6 Å². The van der Waals surface area contributed by atoms with Crippen LogP contribution in [0.15, 0.2) is 54.6 Å². The molecule has 160 valence electrons. The van der Waals surface area contributed by atoms with E-state index >= 15 is 0 Å². The Kier molecular flexibility index (Phi) is 6.63. The molecule has 0 N–H and O–H groups in total. The largest absolute Gasteiger partial charge is 0.417 e. The van der Waals surface area contributed by atoms with Crippen LogP contribution in [-0.2, 0) is 9.22 Å². The molecule has 5 heteroatoms. The summed E-state index contributed by atoms with van der Waals surface area (Å²) < 4.78 is 6.28. The number of Topliss-reactive ketones (excluding diaryl/α,β-unsaturated/α-hetero) is 1. The Hall–Kier alpha value is -2.24. The van der Waals surface area contributed by atoms with Crippen LogP contribution in [0.4, 0.5) is 0 Å². The quantitative estimate of drug-likeness (QED) is 0.572. The number of rotatable bonds is 6. The van der Waals surface area contributed by atoms with E-state index in [2.05, 4.69) is 33.9 Å². The van der Waals surface area contributed by atoms with Crippen LogP contribution >= 0.6 is 0 Å². The molecule has 0 saturated carbocycles. The average molecular weight is 424 g/mol. The highest BCUT2D eigenvalue weighted by Crippen LogP contribution is 2.36. The van der Waals surface area contributed by atoms with Gasteiger partial charge < -0.3 is 9.33 Å². The van der Waals surface area contributed by atoms with Crippen molar-refractivity contribution in [2.45, 2.75) is 57.8 Å². The first kappa shape index (κ1) is 22.4. The minimum Gasteiger partial charge on any atom is -0.417 e. The number of likely N-dealkylation sites (tertiary alicyclic amines) is 1. The zero-order valence-corrected chi connectivity index (χ0v) is 19.8. The van der Waals surface area contributed by atoms with Crippen LogP contribution in [-0.4, -0.2) is 44.1 Å². The van der Waals surface area contributed by atoms with E-state index in [4.69, 9.17) is 4.43 Å². The second-order valence-electron chi connectivity index (χ2n) is 9.67. The smallest absolute Gasteiger partial charge is 0.254 e. The summed E-state index contributed by atoms with van der Waals surface area (Å²) in [5.41, 5.74) is 2.82. The highest BCUT2D eigenvalue weighted by Gasteiger charge is 2.38. The number of carbonyl (C=O) groups is 2. The van der Waals surface area contributed by atoms with Crippen LogP contribution in [0.25, 0.3) is 11.1 Å². The summed E-state index contributed by atoms with van der Waals surface area (Å²) in [6.45, 7) is 11.9. The van der Waals surface area contributed by atoms with Crippen LogP contribution in [0, 0.1) is 0 Å². The maximum Gasteiger partial charge on any atom is 0.254 e. The average Bonchev–Trinajstić information content (AvgIpc) is 3.07. The molecular formula is C25H33NO3Si. The van der Waals surface area contributed by atoms with Gasteiger partial charge in [0.2, 0.25) is 0 Å². The van der Waals surface area contributed by atoms with Crippen LogP contribution in [0.5, 0.6) is 0 Å². The molecule has 0 radical (unpaired) electrons. The molecule has 1 heterocycles. The number of carbonyl (C=O) groups excluding carboxylic acids is 2. The molecule has 4 nitrogen and oxygen atoms in total. The molecule has 1 atom stereocenters. The third kappa shape index (κ3) is 5.08. The lowest BCUT2D eigenvalue weighted by Crippen LogP contribution is -2.42. The Balaban J connectivity index is 1.66. The maximum atomic E-state index is 13.1. The Morgan fingerprint density at radius 1 is 1.03 bits per heavy atom. The molecule has 3 rings (SSSR count). The number of hydrogen-bond donors (Lipinski definition) is 0. The van der Waals surface area contributed by atoms with Crippen LogP contribution < -0.4 is 0 Å². The predicted octanol–water partition coefficient (Wildman–Crippen LogP) is 5.55. The van der Waals surface area contributed by atoms with Gasteiger partial charge in [0.25, 0.3) is 5.91 Å². The van der Waals surface area contributed by atoms with Gasteiger partial charge in [-0.05, 0) is 47.8 Å². The fourth-order valence-electron chi connectivity index (χ4n) is 3.52. The number of benzene rings is 2. The Bertz CT molecular complexity index is 885. The molecule has 0 bridgehead atoms. The van der Waals surface area contributed by atoms with Gasteiger partial charge in [0.05, 0.1) is 6.54 Å². The summed E-state index contributed by atoms with van der Waals surface area (Å²) in [5, 5.41) is 0.147. The molecule has 1 amide bonds. The lowest BCUT2D eigenvalue weighted by Gasteiger charge is -2.36. The number of nitrogens with zero attached hydrogens (tertiary/aromatic N) is 1. The van der Waals surface area contributed by atoms with E-state index < -0.39 is 8.32 Å². The molecular weight excluding hydrogens is 390 g/mol. The van der Waals surface area contributed by atoms with E-state index in [-0.39, 0.29) is 29.3 Å². The third-order valence-electron chi connectivity index (χ3n) is 6.47. The summed E-state index contributed by atoms with van der Waals surface area (Å²) >= 11 is 0. The lowest BCUT2D eigenvalue weighted by molar-refractivity contribution is -0.116. The molecule has 0 unspecified atom stereocenters. The van der Waals surface area contributed by atoms with Gasteiger partial charge in [-0.3, -0.25) is 9.59 Å². The summed E-state index contributed by atoms with van der Waals surface area (Å²) in [7, 11) is -1.83. The van der Waals surface area contributed by atoms with Gasteiger partial charge in [-0.15, -0.1) is 0 Å². The van der Waals surface area contributed by atoms with Crippen molar-refractivity contribution in [3.8, 4) is 11.1 Å². The lowest BCUT2D eigenvalue weighted by atomic mass is 10.0. The zero-order chi connectivity index (χ0) is 21.9. The van der Waals surface area contributed by atoms with E-state index in [0.29, 0.717) is 25.0 Å². The molecule has 0 aromatic heterocycles. The molecule has 1 aliphatic rings. The van der Waals surface area contributed by atoms with E-state index in [1.807, 2.05) is 54.6 Å². The molecule has 2 aromatic carbocycles. The van der Waals surface area contributed by atoms with Gasteiger partial charge in [0.1, 0.15) is 0 Å². The van der Waals surface area contributed by atoms with Gasteiger partial charge in [0.15, 0.2) is 14.1 Å². The van der Waals surface area contributed by atoms with Crippen molar-refractivity contribution in [3.05, 3.63) is 60.2 Å². The minimum absolute atomic E-state index is 0.0715. The Morgan fingerprint density at radius 3 is 2.23 bits per heavy atom. The molecule has 1 fully saturated rings. The monoisotopic (exact) mass is 423 g/mol.